The number of methoxy groups -OCH3 is 1. The molecule has 0 heterocycles. The molecule has 1 atom stereocenters. The van der Waals surface area contributed by atoms with E-state index in [1.165, 1.54) is 25.3 Å². The summed E-state index contributed by atoms with van der Waals surface area (Å²) in [5, 5.41) is 3.05. The molecule has 2 rings (SSSR count). The van der Waals surface area contributed by atoms with Crippen molar-refractivity contribution in [3.63, 3.8) is 0 Å². The average molecular weight is 376 g/mol. The Labute approximate surface area is 158 Å². The van der Waals surface area contributed by atoms with Crippen molar-refractivity contribution in [3.8, 4) is 5.75 Å². The highest BCUT2D eigenvalue weighted by Crippen LogP contribution is 2.25. The highest BCUT2D eigenvalue weighted by Gasteiger charge is 2.20. The molecule has 2 aromatic rings. The van der Waals surface area contributed by atoms with Gasteiger partial charge >= 0.3 is 5.97 Å². The lowest BCUT2D eigenvalue weighted by molar-refractivity contribution is -0.122. The van der Waals surface area contributed by atoms with E-state index in [-0.39, 0.29) is 5.91 Å². The second-order valence-electron chi connectivity index (χ2n) is 6.01. The summed E-state index contributed by atoms with van der Waals surface area (Å²) >= 11 is 6.13. The third-order valence-electron chi connectivity index (χ3n) is 3.78. The van der Waals surface area contributed by atoms with Crippen molar-refractivity contribution in [3.05, 3.63) is 58.1 Å². The van der Waals surface area contributed by atoms with Gasteiger partial charge in [-0.25, -0.2) is 4.79 Å². The van der Waals surface area contributed by atoms with E-state index in [4.69, 9.17) is 16.3 Å². The number of ether oxygens (including phenoxy) is 2. The monoisotopic (exact) mass is 375 g/mol. The highest BCUT2D eigenvalue weighted by molar-refractivity contribution is 6.33. The predicted octanol–water partition coefficient (Wildman–Crippen LogP) is 4.54. The van der Waals surface area contributed by atoms with Crippen LogP contribution in [0.5, 0.6) is 5.75 Å². The first-order valence-electron chi connectivity index (χ1n) is 8.27. The Balaban J connectivity index is 2.17. The van der Waals surface area contributed by atoms with Crippen LogP contribution in [0.25, 0.3) is 0 Å². The summed E-state index contributed by atoms with van der Waals surface area (Å²) in [4.78, 5) is 24.3. The molecule has 0 fully saturated rings. The number of esters is 1. The van der Waals surface area contributed by atoms with Crippen LogP contribution >= 0.6 is 11.6 Å². The van der Waals surface area contributed by atoms with E-state index in [1.807, 2.05) is 39.0 Å². The van der Waals surface area contributed by atoms with E-state index < -0.39 is 12.1 Å². The van der Waals surface area contributed by atoms with E-state index in [0.29, 0.717) is 28.4 Å². The molecule has 1 amide bonds. The van der Waals surface area contributed by atoms with Crippen LogP contribution in [-0.4, -0.2) is 25.1 Å². The minimum atomic E-state index is -0.686. The Morgan fingerprint density at radius 1 is 1.12 bits per heavy atom. The third-order valence-corrected chi connectivity index (χ3v) is 4.11. The Hall–Kier alpha value is -2.53. The quantitative estimate of drug-likeness (QED) is 0.753. The van der Waals surface area contributed by atoms with Crippen molar-refractivity contribution in [2.24, 2.45) is 0 Å². The Morgan fingerprint density at radius 2 is 1.77 bits per heavy atom. The van der Waals surface area contributed by atoms with E-state index in [2.05, 4.69) is 10.1 Å². The fourth-order valence-electron chi connectivity index (χ4n) is 2.57. The van der Waals surface area contributed by atoms with E-state index in [0.717, 1.165) is 11.1 Å². The second-order valence-corrected chi connectivity index (χ2v) is 6.42. The number of aryl methyl sites for hydroxylation is 2. The molecule has 0 saturated carbocycles. The van der Waals surface area contributed by atoms with Gasteiger partial charge in [-0.1, -0.05) is 24.6 Å². The molecule has 0 saturated heterocycles. The number of nitrogens with one attached hydrogen (secondary N) is 1. The lowest BCUT2D eigenvalue weighted by atomic mass is 10.1. The molecule has 0 bridgehead atoms. The molecule has 0 unspecified atom stereocenters. The zero-order valence-electron chi connectivity index (χ0n) is 15.3. The third kappa shape index (κ3) is 4.99. The molecule has 1 N–H and O–H groups in total. The van der Waals surface area contributed by atoms with Gasteiger partial charge in [-0.15, -0.1) is 0 Å². The van der Waals surface area contributed by atoms with Crippen LogP contribution in [0.15, 0.2) is 36.4 Å². The van der Waals surface area contributed by atoms with E-state index >= 15 is 0 Å². The minimum absolute atomic E-state index is 0.301. The zero-order valence-corrected chi connectivity index (χ0v) is 16.0. The van der Waals surface area contributed by atoms with Gasteiger partial charge in [-0.05, 0) is 61.7 Å². The van der Waals surface area contributed by atoms with Crippen LogP contribution in [0, 0.1) is 13.8 Å². The summed E-state index contributed by atoms with van der Waals surface area (Å²) in [6.45, 7) is 5.80. The maximum absolute atomic E-state index is 12.6. The molecule has 138 valence electrons. The van der Waals surface area contributed by atoms with E-state index in [9.17, 15) is 9.59 Å². The van der Waals surface area contributed by atoms with Crippen molar-refractivity contribution in [2.45, 2.75) is 33.3 Å². The van der Waals surface area contributed by atoms with Gasteiger partial charge in [0.15, 0.2) is 6.10 Å². The fraction of sp³-hybridized carbons (Fsp3) is 0.300. The molecule has 0 aromatic heterocycles. The van der Waals surface area contributed by atoms with Crippen LogP contribution < -0.4 is 10.1 Å². The van der Waals surface area contributed by atoms with Crippen molar-refractivity contribution < 1.29 is 19.1 Å². The van der Waals surface area contributed by atoms with Gasteiger partial charge in [-0.2, -0.15) is 0 Å². The molecule has 0 aliphatic rings. The molecule has 2 aromatic carbocycles. The summed E-state index contributed by atoms with van der Waals surface area (Å²) in [5.41, 5.74) is 2.76. The van der Waals surface area contributed by atoms with Crippen LogP contribution in [-0.2, 0) is 9.53 Å². The van der Waals surface area contributed by atoms with Gasteiger partial charge in [0.2, 0.25) is 0 Å². The molecular weight excluding hydrogens is 354 g/mol. The number of carbonyl (C=O) groups excluding carboxylic acids is 2. The van der Waals surface area contributed by atoms with Crippen LogP contribution in [0.3, 0.4) is 0 Å². The number of carbonyl (C=O) groups is 2. The maximum Gasteiger partial charge on any atom is 0.337 e. The number of benzene rings is 2. The largest absolute Gasteiger partial charge is 0.481 e. The van der Waals surface area contributed by atoms with Crippen LogP contribution in [0.4, 0.5) is 5.69 Å². The van der Waals surface area contributed by atoms with Gasteiger partial charge in [-0.3, -0.25) is 4.79 Å². The Kier molecular flexibility index (Phi) is 6.64. The smallest absolute Gasteiger partial charge is 0.337 e. The number of halogens is 1. The number of rotatable bonds is 6. The minimum Gasteiger partial charge on any atom is -0.481 e. The molecule has 0 radical (unpaired) electrons. The SMILES string of the molecule is CC[C@H](Oc1cc(C)cc(C)c1)C(=O)Nc1cc(C(=O)OC)ccc1Cl. The van der Waals surface area contributed by atoms with Gasteiger partial charge < -0.3 is 14.8 Å². The summed E-state index contributed by atoms with van der Waals surface area (Å²) in [7, 11) is 1.29. The number of hydrogen-bond acceptors (Lipinski definition) is 4. The van der Waals surface area contributed by atoms with Crippen molar-refractivity contribution >= 4 is 29.2 Å². The Bertz CT molecular complexity index is 799. The van der Waals surface area contributed by atoms with E-state index in [1.54, 1.807) is 0 Å². The number of amides is 1. The molecule has 6 heteroatoms. The molecule has 0 spiro atoms. The molecule has 26 heavy (non-hydrogen) atoms. The topological polar surface area (TPSA) is 64.6 Å². The first-order chi connectivity index (χ1) is 12.3. The molecule has 0 aliphatic carbocycles. The first kappa shape index (κ1) is 19.8. The number of hydrogen-bond donors (Lipinski definition) is 1. The molecule has 0 aliphatic heterocycles. The fourth-order valence-corrected chi connectivity index (χ4v) is 2.73. The molecular formula is C20H22ClNO4. The zero-order chi connectivity index (χ0) is 19.3. The summed E-state index contributed by atoms with van der Waals surface area (Å²) in [5.74, 6) is -0.204. The van der Waals surface area contributed by atoms with Crippen LogP contribution in [0.2, 0.25) is 5.02 Å². The lowest BCUT2D eigenvalue weighted by Crippen LogP contribution is -2.32. The van der Waals surface area contributed by atoms with Gasteiger partial charge in [0.1, 0.15) is 5.75 Å². The Morgan fingerprint density at radius 3 is 2.35 bits per heavy atom. The highest BCUT2D eigenvalue weighted by atomic mass is 35.5. The predicted molar refractivity (Wildman–Crippen MR) is 102 cm³/mol. The summed E-state index contributed by atoms with van der Waals surface area (Å²) in [6.07, 6.45) is -0.207. The van der Waals surface area contributed by atoms with Crippen molar-refractivity contribution in [1.82, 2.24) is 0 Å². The first-order valence-corrected chi connectivity index (χ1v) is 8.65. The standard InChI is InChI=1S/C20H22ClNO4/c1-5-18(26-15-9-12(2)8-13(3)10-15)19(23)22-17-11-14(20(24)25-4)6-7-16(17)21/h6-11,18H,5H2,1-4H3,(H,22,23)/t18-/m0/s1. The maximum atomic E-state index is 12.6. The summed E-state index contributed by atoms with van der Waals surface area (Å²) < 4.78 is 10.5. The normalized spacial score (nSPS) is 11.6. The molecule has 5 nitrogen and oxygen atoms in total. The average Bonchev–Trinajstić information content (AvgIpc) is 2.59. The second kappa shape index (κ2) is 8.72. The van der Waals surface area contributed by atoms with Gasteiger partial charge in [0.05, 0.1) is 23.4 Å². The number of anilines is 1. The van der Waals surface area contributed by atoms with Gasteiger partial charge in [0, 0.05) is 0 Å². The summed E-state index contributed by atoms with van der Waals surface area (Å²) in [6, 6.07) is 10.4. The van der Waals surface area contributed by atoms with Crippen molar-refractivity contribution in [1.29, 1.82) is 0 Å². The lowest BCUT2D eigenvalue weighted by Gasteiger charge is -2.18. The van der Waals surface area contributed by atoms with Crippen molar-refractivity contribution in [2.75, 3.05) is 12.4 Å². The van der Waals surface area contributed by atoms with Gasteiger partial charge in [0.25, 0.3) is 5.91 Å². The van der Waals surface area contributed by atoms with Crippen LogP contribution in [0.1, 0.15) is 34.8 Å².